The van der Waals surface area contributed by atoms with Gasteiger partial charge in [0.25, 0.3) is 0 Å². The zero-order valence-electron chi connectivity index (χ0n) is 17.0. The molecule has 3 N–H and O–H groups in total. The fraction of sp³-hybridized carbons (Fsp3) is 0.400. The van der Waals surface area contributed by atoms with E-state index in [2.05, 4.69) is 15.0 Å². The molecule has 170 valence electrons. The van der Waals surface area contributed by atoms with Crippen LogP contribution < -0.4 is 4.74 Å². The Hall–Kier alpha value is -2.50. The van der Waals surface area contributed by atoms with Crippen LogP contribution in [0.2, 0.25) is 0 Å². The van der Waals surface area contributed by atoms with Crippen molar-refractivity contribution in [3.05, 3.63) is 47.8 Å². The number of aromatic nitrogens is 3. The highest BCUT2D eigenvalue weighted by molar-refractivity contribution is 7.84. The number of H-pyrrole nitrogens is 1. The van der Waals surface area contributed by atoms with Crippen LogP contribution in [0, 0.1) is 6.92 Å². The van der Waals surface area contributed by atoms with Crippen LogP contribution in [0.4, 0.5) is 13.2 Å². The molecular weight excluding hydrogens is 435 g/mol. The van der Waals surface area contributed by atoms with Crippen LogP contribution in [0.1, 0.15) is 24.6 Å². The van der Waals surface area contributed by atoms with Crippen molar-refractivity contribution in [1.82, 2.24) is 15.0 Å². The van der Waals surface area contributed by atoms with E-state index in [9.17, 15) is 17.4 Å². The first-order valence-corrected chi connectivity index (χ1v) is 10.7. The van der Waals surface area contributed by atoms with E-state index in [-0.39, 0.29) is 18.1 Å². The summed E-state index contributed by atoms with van der Waals surface area (Å²) in [5, 5.41) is 16.8. The van der Waals surface area contributed by atoms with Crippen LogP contribution in [0.3, 0.4) is 0 Å². The van der Waals surface area contributed by atoms with Gasteiger partial charge in [-0.1, -0.05) is 19.1 Å². The summed E-state index contributed by atoms with van der Waals surface area (Å²) in [4.78, 5) is 11.3. The summed E-state index contributed by atoms with van der Waals surface area (Å²) in [6.07, 6.45) is -2.96. The van der Waals surface area contributed by atoms with E-state index in [1.807, 2.05) is 25.1 Å². The number of rotatable bonds is 7. The summed E-state index contributed by atoms with van der Waals surface area (Å²) in [6, 6.07) is 8.62. The van der Waals surface area contributed by atoms with Gasteiger partial charge in [0.05, 0.1) is 46.0 Å². The van der Waals surface area contributed by atoms with Crippen molar-refractivity contribution in [2.75, 3.05) is 13.2 Å². The minimum atomic E-state index is -4.42. The Balaban J connectivity index is 0.000000501. The van der Waals surface area contributed by atoms with E-state index >= 15 is 0 Å². The molecule has 31 heavy (non-hydrogen) atoms. The number of aromatic amines is 1. The predicted octanol–water partition coefficient (Wildman–Crippen LogP) is 3.26. The Labute approximate surface area is 179 Å². The molecule has 0 aliphatic heterocycles. The number of aliphatic hydroxyl groups excluding tert-OH is 2. The highest BCUT2D eigenvalue weighted by Crippen LogP contribution is 2.24. The molecule has 0 spiro atoms. The number of pyridine rings is 1. The number of nitrogens with one attached hydrogen (secondary N) is 1. The normalized spacial score (nSPS) is 13.4. The third-order valence-corrected chi connectivity index (χ3v) is 5.34. The fourth-order valence-electron chi connectivity index (χ4n) is 2.38. The molecule has 0 radical (unpaired) electrons. The minimum absolute atomic E-state index is 0.0227. The zero-order chi connectivity index (χ0) is 23.0. The first kappa shape index (κ1) is 24.8. The quantitative estimate of drug-likeness (QED) is 0.501. The average Bonchev–Trinajstić information content (AvgIpc) is 3.18. The third-order valence-electron chi connectivity index (χ3n) is 4.18. The molecule has 2 heterocycles. The summed E-state index contributed by atoms with van der Waals surface area (Å²) in [5.41, 5.74) is 2.28. The largest absolute Gasteiger partial charge is 0.484 e. The maximum atomic E-state index is 12.5. The van der Waals surface area contributed by atoms with Crippen molar-refractivity contribution >= 4 is 21.8 Å². The van der Waals surface area contributed by atoms with Gasteiger partial charge in [0, 0.05) is 11.8 Å². The Morgan fingerprint density at radius 2 is 1.97 bits per heavy atom. The van der Waals surface area contributed by atoms with Crippen LogP contribution in [-0.4, -0.2) is 54.9 Å². The number of hydrogen-bond donors (Lipinski definition) is 3. The molecule has 0 amide bonds. The second-order valence-electron chi connectivity index (χ2n) is 6.58. The number of para-hydroxylation sites is 2. The van der Waals surface area contributed by atoms with Gasteiger partial charge in [0.15, 0.2) is 11.8 Å². The maximum Gasteiger partial charge on any atom is 0.422 e. The zero-order valence-corrected chi connectivity index (χ0v) is 17.8. The molecule has 3 rings (SSSR count). The number of ether oxygens (including phenoxy) is 1. The molecule has 11 heteroatoms. The summed E-state index contributed by atoms with van der Waals surface area (Å²) >= 11 is 0. The van der Waals surface area contributed by atoms with Gasteiger partial charge in [-0.15, -0.1) is 0 Å². The monoisotopic (exact) mass is 459 g/mol. The number of alkyl halides is 3. The van der Waals surface area contributed by atoms with E-state index in [0.29, 0.717) is 28.4 Å². The molecule has 2 aromatic heterocycles. The van der Waals surface area contributed by atoms with Gasteiger partial charge in [-0.05, 0) is 31.5 Å². The van der Waals surface area contributed by atoms with Crippen molar-refractivity contribution < 1.29 is 32.3 Å². The molecule has 0 fully saturated rings. The fourth-order valence-corrected chi connectivity index (χ4v) is 3.48. The average molecular weight is 459 g/mol. The van der Waals surface area contributed by atoms with Crippen LogP contribution in [0.5, 0.6) is 5.75 Å². The van der Waals surface area contributed by atoms with Crippen LogP contribution in [0.15, 0.2) is 41.7 Å². The number of imidazole rings is 1. The first-order valence-electron chi connectivity index (χ1n) is 9.40. The highest BCUT2D eigenvalue weighted by Gasteiger charge is 2.29. The summed E-state index contributed by atoms with van der Waals surface area (Å²) in [5.74, 6) is 0.0958. The molecule has 0 aliphatic carbocycles. The minimum Gasteiger partial charge on any atom is -0.484 e. The lowest BCUT2D eigenvalue weighted by molar-refractivity contribution is -0.153. The molecule has 0 bridgehead atoms. The summed E-state index contributed by atoms with van der Waals surface area (Å²) < 4.78 is 54.2. The van der Waals surface area contributed by atoms with E-state index in [4.69, 9.17) is 14.9 Å². The smallest absolute Gasteiger partial charge is 0.422 e. The van der Waals surface area contributed by atoms with E-state index in [1.54, 1.807) is 13.0 Å². The molecule has 3 aromatic rings. The number of aliphatic hydroxyl groups is 2. The predicted molar refractivity (Wildman–Crippen MR) is 110 cm³/mol. The number of hydrogen-bond acceptors (Lipinski definition) is 6. The Morgan fingerprint density at radius 1 is 1.26 bits per heavy atom. The van der Waals surface area contributed by atoms with Crippen LogP contribution in [0.25, 0.3) is 11.0 Å². The Bertz CT molecular complexity index is 974. The number of fused-ring (bicyclic) bond motifs is 1. The van der Waals surface area contributed by atoms with Gasteiger partial charge in [0.2, 0.25) is 0 Å². The van der Waals surface area contributed by atoms with Crippen LogP contribution in [-0.2, 0) is 16.6 Å². The summed E-state index contributed by atoms with van der Waals surface area (Å²) in [7, 11) is -1.51. The molecule has 1 aromatic carbocycles. The van der Waals surface area contributed by atoms with E-state index < -0.39 is 29.7 Å². The second kappa shape index (κ2) is 11.2. The molecule has 2 unspecified atom stereocenters. The van der Waals surface area contributed by atoms with Gasteiger partial charge in [0.1, 0.15) is 5.75 Å². The van der Waals surface area contributed by atoms with Crippen molar-refractivity contribution in [1.29, 1.82) is 0 Å². The first-order chi connectivity index (χ1) is 14.6. The van der Waals surface area contributed by atoms with Gasteiger partial charge in [-0.3, -0.25) is 9.19 Å². The number of halogens is 3. The van der Waals surface area contributed by atoms with Crippen molar-refractivity contribution in [3.8, 4) is 5.75 Å². The maximum absolute atomic E-state index is 12.5. The van der Waals surface area contributed by atoms with E-state index in [1.165, 1.54) is 12.3 Å². The van der Waals surface area contributed by atoms with Crippen LogP contribution >= 0.6 is 0 Å². The van der Waals surface area contributed by atoms with Gasteiger partial charge >= 0.3 is 6.18 Å². The standard InChI is InChI=1S/C16H14F3N3O2S.C4H10O2/c1-10-13(20-7-6-14(10)24-9-16(17,18)19)8-25(23)15-21-11-4-2-3-5-12(11)22-15;1-2-4(6)3-5/h2-7H,8-9H2,1H3,(H,21,22);4-6H,2-3H2,1H3. The topological polar surface area (TPSA) is 108 Å². The Kier molecular flexibility index (Phi) is 8.96. The lowest BCUT2D eigenvalue weighted by Gasteiger charge is -2.13. The van der Waals surface area contributed by atoms with Crippen molar-refractivity contribution in [2.45, 2.75) is 43.5 Å². The third kappa shape index (κ3) is 7.60. The molecule has 2 atom stereocenters. The SMILES string of the molecule is CCC(O)CO.Cc1c(OCC(F)(F)F)ccnc1CS(=O)c1nc2ccccc2[nH]1. The van der Waals surface area contributed by atoms with Crippen molar-refractivity contribution in [2.24, 2.45) is 0 Å². The van der Waals surface area contributed by atoms with Gasteiger partial charge in [-0.2, -0.15) is 13.2 Å². The Morgan fingerprint density at radius 3 is 2.55 bits per heavy atom. The van der Waals surface area contributed by atoms with Crippen molar-refractivity contribution in [3.63, 3.8) is 0 Å². The molecule has 0 aliphatic rings. The highest BCUT2D eigenvalue weighted by atomic mass is 32.2. The summed E-state index contributed by atoms with van der Waals surface area (Å²) in [6.45, 7) is 1.91. The lowest BCUT2D eigenvalue weighted by atomic mass is 10.2. The molecule has 7 nitrogen and oxygen atoms in total. The van der Waals surface area contributed by atoms with E-state index in [0.717, 1.165) is 5.52 Å². The number of benzene rings is 1. The number of nitrogens with zero attached hydrogens (tertiary/aromatic N) is 2. The molecular formula is C20H24F3N3O4S. The molecule has 0 saturated carbocycles. The second-order valence-corrected chi connectivity index (χ2v) is 7.94. The van der Waals surface area contributed by atoms with Gasteiger partial charge in [-0.25, -0.2) is 4.98 Å². The lowest BCUT2D eigenvalue weighted by Crippen LogP contribution is -2.19. The van der Waals surface area contributed by atoms with Gasteiger partial charge < -0.3 is 19.9 Å². The molecule has 0 saturated heterocycles.